The van der Waals surface area contributed by atoms with Gasteiger partial charge >= 0.3 is 0 Å². The van der Waals surface area contributed by atoms with Gasteiger partial charge in [-0.3, -0.25) is 4.79 Å². The van der Waals surface area contributed by atoms with Gasteiger partial charge in [0.05, 0.1) is 0 Å². The van der Waals surface area contributed by atoms with Gasteiger partial charge in [0.1, 0.15) is 5.38 Å². The molecule has 0 aromatic heterocycles. The van der Waals surface area contributed by atoms with Crippen LogP contribution < -0.4 is 5.32 Å². The summed E-state index contributed by atoms with van der Waals surface area (Å²) in [6, 6.07) is 0. The van der Waals surface area contributed by atoms with E-state index in [9.17, 15) is 4.79 Å². The summed E-state index contributed by atoms with van der Waals surface area (Å²) in [6.45, 7) is 9.10. The molecule has 0 saturated carbocycles. The maximum Gasteiger partial charge on any atom is 0.237 e. The molecule has 1 amide bonds. The number of unbranched alkanes of at least 4 members (excludes halogenated alkanes) is 1. The molecule has 0 rings (SSSR count). The van der Waals surface area contributed by atoms with Gasteiger partial charge in [0.25, 0.3) is 0 Å². The van der Waals surface area contributed by atoms with E-state index in [-0.39, 0.29) is 11.3 Å². The standard InChI is InChI=1S/C13H26ClNO/c1-5-7-9-13(4,8-6-2)10-15-12(16)11(3)14/h11H,5-10H2,1-4H3,(H,15,16). The quantitative estimate of drug-likeness (QED) is 0.651. The Morgan fingerprint density at radius 3 is 2.38 bits per heavy atom. The fourth-order valence-corrected chi connectivity index (χ4v) is 2.03. The van der Waals surface area contributed by atoms with Gasteiger partial charge in [0.2, 0.25) is 5.91 Å². The largest absolute Gasteiger partial charge is 0.354 e. The number of nitrogens with one attached hydrogen (secondary N) is 1. The predicted molar refractivity (Wildman–Crippen MR) is 70.9 cm³/mol. The lowest BCUT2D eigenvalue weighted by Gasteiger charge is -2.29. The monoisotopic (exact) mass is 247 g/mol. The highest BCUT2D eigenvalue weighted by Gasteiger charge is 2.23. The van der Waals surface area contributed by atoms with Crippen LogP contribution in [0.3, 0.4) is 0 Å². The number of rotatable bonds is 8. The lowest BCUT2D eigenvalue weighted by atomic mass is 9.80. The fourth-order valence-electron chi connectivity index (χ4n) is 1.95. The maximum absolute atomic E-state index is 11.4. The summed E-state index contributed by atoms with van der Waals surface area (Å²) in [5, 5.41) is 2.51. The molecule has 96 valence electrons. The Hall–Kier alpha value is -0.240. The number of carbonyl (C=O) groups is 1. The zero-order valence-corrected chi connectivity index (χ0v) is 11.9. The minimum absolute atomic E-state index is 0.0551. The van der Waals surface area contributed by atoms with Gasteiger partial charge in [-0.25, -0.2) is 0 Å². The minimum atomic E-state index is -0.433. The molecule has 0 aliphatic rings. The molecule has 2 unspecified atom stereocenters. The highest BCUT2D eigenvalue weighted by molar-refractivity contribution is 6.30. The Morgan fingerprint density at radius 1 is 1.31 bits per heavy atom. The molecule has 2 atom stereocenters. The van der Waals surface area contributed by atoms with Gasteiger partial charge in [-0.2, -0.15) is 0 Å². The highest BCUT2D eigenvalue weighted by Crippen LogP contribution is 2.29. The highest BCUT2D eigenvalue weighted by atomic mass is 35.5. The van der Waals surface area contributed by atoms with E-state index >= 15 is 0 Å². The summed E-state index contributed by atoms with van der Waals surface area (Å²) in [4.78, 5) is 11.4. The first kappa shape index (κ1) is 15.8. The van der Waals surface area contributed by atoms with E-state index < -0.39 is 5.38 Å². The Balaban J connectivity index is 4.15. The van der Waals surface area contributed by atoms with Crippen molar-refractivity contribution >= 4 is 17.5 Å². The molecular weight excluding hydrogens is 222 g/mol. The molecule has 0 heterocycles. The van der Waals surface area contributed by atoms with Gasteiger partial charge in [0.15, 0.2) is 0 Å². The van der Waals surface area contributed by atoms with Crippen molar-refractivity contribution in [3.05, 3.63) is 0 Å². The summed E-state index contributed by atoms with van der Waals surface area (Å²) in [6.07, 6.45) is 5.92. The molecule has 0 aromatic carbocycles. The predicted octanol–water partition coefficient (Wildman–Crippen LogP) is 3.73. The van der Waals surface area contributed by atoms with Crippen LogP contribution in [0.25, 0.3) is 0 Å². The molecule has 16 heavy (non-hydrogen) atoms. The van der Waals surface area contributed by atoms with Crippen LogP contribution >= 0.6 is 11.6 Å². The van der Waals surface area contributed by atoms with Gasteiger partial charge in [-0.1, -0.05) is 40.0 Å². The van der Waals surface area contributed by atoms with E-state index in [4.69, 9.17) is 11.6 Å². The Bertz CT molecular complexity index is 206. The van der Waals surface area contributed by atoms with Crippen LogP contribution in [0.15, 0.2) is 0 Å². The van der Waals surface area contributed by atoms with Crippen molar-refractivity contribution in [1.82, 2.24) is 5.32 Å². The van der Waals surface area contributed by atoms with Crippen molar-refractivity contribution in [1.29, 1.82) is 0 Å². The third-order valence-electron chi connectivity index (χ3n) is 3.04. The van der Waals surface area contributed by atoms with Crippen LogP contribution in [0.2, 0.25) is 0 Å². The van der Waals surface area contributed by atoms with E-state index in [2.05, 4.69) is 26.1 Å². The first-order valence-electron chi connectivity index (χ1n) is 6.37. The second kappa shape index (κ2) is 7.94. The molecule has 3 heteroatoms. The third kappa shape index (κ3) is 6.37. The molecule has 0 aromatic rings. The summed E-state index contributed by atoms with van der Waals surface area (Å²) in [5.41, 5.74) is 0.228. The van der Waals surface area contributed by atoms with Crippen LogP contribution in [-0.4, -0.2) is 17.8 Å². The molecule has 1 N–H and O–H groups in total. The van der Waals surface area contributed by atoms with Crippen LogP contribution in [0.5, 0.6) is 0 Å². The van der Waals surface area contributed by atoms with Gasteiger partial charge in [-0.15, -0.1) is 11.6 Å². The third-order valence-corrected chi connectivity index (χ3v) is 3.24. The molecule has 2 nitrogen and oxygen atoms in total. The molecule has 0 spiro atoms. The van der Waals surface area contributed by atoms with Gasteiger partial charge < -0.3 is 5.32 Å². The lowest BCUT2D eigenvalue weighted by Crippen LogP contribution is -2.38. The zero-order valence-electron chi connectivity index (χ0n) is 11.1. The first-order chi connectivity index (χ1) is 7.45. The summed E-state index contributed by atoms with van der Waals surface area (Å²) in [5.74, 6) is -0.0551. The van der Waals surface area contributed by atoms with Crippen LogP contribution in [0, 0.1) is 5.41 Å². The molecule has 0 fully saturated rings. The number of halogens is 1. The Kier molecular flexibility index (Phi) is 7.82. The Morgan fingerprint density at radius 2 is 1.94 bits per heavy atom. The van der Waals surface area contributed by atoms with E-state index in [0.717, 1.165) is 19.4 Å². The average molecular weight is 248 g/mol. The number of alkyl halides is 1. The second-order valence-electron chi connectivity index (χ2n) is 5.00. The van der Waals surface area contributed by atoms with Crippen molar-refractivity contribution in [3.8, 4) is 0 Å². The number of amides is 1. The average Bonchev–Trinajstić information content (AvgIpc) is 2.23. The van der Waals surface area contributed by atoms with Crippen molar-refractivity contribution in [2.75, 3.05) is 6.54 Å². The summed E-state index contributed by atoms with van der Waals surface area (Å²) >= 11 is 5.73. The zero-order chi connectivity index (χ0) is 12.6. The minimum Gasteiger partial charge on any atom is -0.354 e. The van der Waals surface area contributed by atoms with Crippen molar-refractivity contribution in [3.63, 3.8) is 0 Å². The van der Waals surface area contributed by atoms with Crippen LogP contribution in [0.1, 0.15) is 59.8 Å². The molecular formula is C13H26ClNO. The second-order valence-corrected chi connectivity index (χ2v) is 5.65. The number of hydrogen-bond donors (Lipinski definition) is 1. The fraction of sp³-hybridized carbons (Fsp3) is 0.923. The first-order valence-corrected chi connectivity index (χ1v) is 6.80. The van der Waals surface area contributed by atoms with Gasteiger partial charge in [0, 0.05) is 6.54 Å². The van der Waals surface area contributed by atoms with Crippen molar-refractivity contribution in [2.24, 2.45) is 5.41 Å². The van der Waals surface area contributed by atoms with E-state index in [1.54, 1.807) is 6.92 Å². The van der Waals surface area contributed by atoms with Crippen LogP contribution in [-0.2, 0) is 4.79 Å². The summed E-state index contributed by atoms with van der Waals surface area (Å²) in [7, 11) is 0. The number of hydrogen-bond acceptors (Lipinski definition) is 1. The van der Waals surface area contributed by atoms with E-state index in [1.165, 1.54) is 19.3 Å². The van der Waals surface area contributed by atoms with Crippen molar-refractivity contribution in [2.45, 2.75) is 65.2 Å². The van der Waals surface area contributed by atoms with E-state index in [0.29, 0.717) is 0 Å². The van der Waals surface area contributed by atoms with E-state index in [1.807, 2.05) is 0 Å². The molecule has 0 aliphatic carbocycles. The molecule has 0 aliphatic heterocycles. The molecule has 0 saturated heterocycles. The lowest BCUT2D eigenvalue weighted by molar-refractivity contribution is -0.121. The maximum atomic E-state index is 11.4. The van der Waals surface area contributed by atoms with Gasteiger partial charge in [-0.05, 0) is 25.2 Å². The SMILES string of the molecule is CCCCC(C)(CCC)CNC(=O)C(C)Cl. The molecule has 0 bridgehead atoms. The Labute approximate surface area is 105 Å². The number of carbonyl (C=O) groups excluding carboxylic acids is 1. The summed E-state index contributed by atoms with van der Waals surface area (Å²) < 4.78 is 0. The van der Waals surface area contributed by atoms with Crippen LogP contribution in [0.4, 0.5) is 0 Å². The molecule has 0 radical (unpaired) electrons. The normalized spacial score (nSPS) is 16.6. The topological polar surface area (TPSA) is 29.1 Å². The smallest absolute Gasteiger partial charge is 0.237 e. The van der Waals surface area contributed by atoms with Crippen molar-refractivity contribution < 1.29 is 4.79 Å².